The Morgan fingerprint density at radius 3 is 2.39 bits per heavy atom. The molecule has 2 atom stereocenters. The van der Waals surface area contributed by atoms with E-state index in [0.717, 1.165) is 22.5 Å². The zero-order valence-corrected chi connectivity index (χ0v) is 23.1. The SMILES string of the molecule is Cc1nn(C(F)F)cc1S(=O)(=O)N1c2cc(N(C(=O)O)C(C)(C)C(F)(F)F)ccc2O[C@@H](CNC(=O)C2CC2)[C@H]1C. The van der Waals surface area contributed by atoms with Gasteiger partial charge < -0.3 is 15.2 Å². The summed E-state index contributed by atoms with van der Waals surface area (Å²) in [5, 5.41) is 16.0. The molecule has 1 fully saturated rings. The van der Waals surface area contributed by atoms with Gasteiger partial charge in [0.25, 0.3) is 10.0 Å². The number of hydrogen-bond acceptors (Lipinski definition) is 6. The Morgan fingerprint density at radius 2 is 1.88 bits per heavy atom. The lowest BCUT2D eigenvalue weighted by atomic mass is 10.0. The lowest BCUT2D eigenvalue weighted by Gasteiger charge is -2.42. The van der Waals surface area contributed by atoms with E-state index in [1.807, 2.05) is 0 Å². The molecule has 0 radical (unpaired) electrons. The maximum absolute atomic E-state index is 14.0. The molecule has 2 aliphatic rings. The molecule has 17 heteroatoms. The van der Waals surface area contributed by atoms with E-state index < -0.39 is 57.1 Å². The van der Waals surface area contributed by atoms with Crippen LogP contribution in [0.2, 0.25) is 0 Å². The van der Waals surface area contributed by atoms with E-state index in [9.17, 15) is 45.1 Å². The molecule has 4 rings (SSSR count). The topological polar surface area (TPSA) is 134 Å². The number of carbonyl (C=O) groups excluding carboxylic acids is 1. The summed E-state index contributed by atoms with van der Waals surface area (Å²) in [6.45, 7) is 0.602. The van der Waals surface area contributed by atoms with Gasteiger partial charge in [-0.2, -0.15) is 27.1 Å². The van der Waals surface area contributed by atoms with Crippen LogP contribution < -0.4 is 19.3 Å². The highest BCUT2D eigenvalue weighted by atomic mass is 32.2. The molecule has 0 bridgehead atoms. The molecule has 226 valence electrons. The third kappa shape index (κ3) is 5.50. The molecule has 0 spiro atoms. The first-order valence-electron chi connectivity index (χ1n) is 12.4. The van der Waals surface area contributed by atoms with E-state index in [2.05, 4.69) is 10.4 Å². The van der Waals surface area contributed by atoms with E-state index in [0.29, 0.717) is 32.9 Å². The Morgan fingerprint density at radius 1 is 1.24 bits per heavy atom. The molecule has 2 aromatic rings. The number of hydrogen-bond donors (Lipinski definition) is 2. The van der Waals surface area contributed by atoms with Crippen molar-refractivity contribution >= 4 is 33.4 Å². The van der Waals surface area contributed by atoms with Crippen molar-refractivity contribution in [3.8, 4) is 5.75 Å². The van der Waals surface area contributed by atoms with Crippen molar-refractivity contribution in [3.05, 3.63) is 30.1 Å². The number of aryl methyl sites for hydroxylation is 1. The van der Waals surface area contributed by atoms with Crippen molar-refractivity contribution in [2.45, 2.75) is 75.8 Å². The number of nitrogens with zero attached hydrogens (tertiary/aromatic N) is 4. The van der Waals surface area contributed by atoms with Gasteiger partial charge in [0.05, 0.1) is 35.9 Å². The van der Waals surface area contributed by atoms with Crippen LogP contribution in [0.15, 0.2) is 29.3 Å². The number of carbonyl (C=O) groups is 2. The van der Waals surface area contributed by atoms with E-state index in [-0.39, 0.29) is 45.1 Å². The molecule has 1 aromatic heterocycles. The van der Waals surface area contributed by atoms with E-state index >= 15 is 0 Å². The second-order valence-corrected chi connectivity index (χ2v) is 12.2. The Hall–Kier alpha value is -3.63. The number of alkyl halides is 5. The number of benzene rings is 1. The van der Waals surface area contributed by atoms with Crippen LogP contribution in [0.25, 0.3) is 0 Å². The van der Waals surface area contributed by atoms with Gasteiger partial charge in [-0.15, -0.1) is 0 Å². The maximum atomic E-state index is 14.0. The van der Waals surface area contributed by atoms with Gasteiger partial charge in [0, 0.05) is 5.92 Å². The first kappa shape index (κ1) is 30.3. The first-order valence-corrected chi connectivity index (χ1v) is 13.9. The van der Waals surface area contributed by atoms with Gasteiger partial charge in [-0.05, 0) is 58.7 Å². The normalized spacial score (nSPS) is 19.5. The summed E-state index contributed by atoms with van der Waals surface area (Å²) in [4.78, 5) is 23.7. The molecule has 1 aromatic carbocycles. The summed E-state index contributed by atoms with van der Waals surface area (Å²) in [7, 11) is -4.73. The molecule has 1 saturated carbocycles. The minimum atomic E-state index is -5.01. The summed E-state index contributed by atoms with van der Waals surface area (Å²) in [6, 6.07) is 1.93. The van der Waals surface area contributed by atoms with Gasteiger partial charge in [-0.3, -0.25) is 14.0 Å². The number of rotatable bonds is 8. The van der Waals surface area contributed by atoms with Gasteiger partial charge in [0.15, 0.2) is 0 Å². The lowest BCUT2D eigenvalue weighted by molar-refractivity contribution is -0.175. The fourth-order valence-electron chi connectivity index (χ4n) is 4.52. The molecule has 41 heavy (non-hydrogen) atoms. The van der Waals surface area contributed by atoms with Crippen LogP contribution in [0.5, 0.6) is 5.75 Å². The quantitative estimate of drug-likeness (QED) is 0.427. The second kappa shape index (κ2) is 10.3. The molecule has 2 N–H and O–H groups in total. The van der Waals surface area contributed by atoms with Crippen LogP contribution in [-0.2, 0) is 14.8 Å². The molecule has 1 aliphatic carbocycles. The Kier molecular flexibility index (Phi) is 7.64. The standard InChI is InChI=1S/C24H28F5N5O6S/c1-12-19(11-32(31-12)21(25)26)41(38,39)34-13(2)18(10-30-20(35)14-5-6-14)40-17-8-7-15(9-16(17)34)33(22(36)37)23(3,4)24(27,28)29/h7-9,11,13-14,18,21H,5-6,10H2,1-4H3,(H,30,35)(H,36,37)/t13-,18+/m1/s1. The number of amides is 2. The van der Waals surface area contributed by atoms with Crippen LogP contribution in [0.3, 0.4) is 0 Å². The summed E-state index contributed by atoms with van der Waals surface area (Å²) >= 11 is 0. The highest BCUT2D eigenvalue weighted by molar-refractivity contribution is 7.93. The van der Waals surface area contributed by atoms with Crippen molar-refractivity contribution < 1.29 is 49.8 Å². The maximum Gasteiger partial charge on any atom is 0.412 e. The van der Waals surface area contributed by atoms with E-state index in [1.54, 1.807) is 0 Å². The van der Waals surface area contributed by atoms with Crippen molar-refractivity contribution in [3.63, 3.8) is 0 Å². The molecular weight excluding hydrogens is 581 g/mol. The number of aromatic nitrogens is 2. The monoisotopic (exact) mass is 609 g/mol. The average molecular weight is 610 g/mol. The number of anilines is 2. The Balaban J connectivity index is 1.85. The molecule has 2 amide bonds. The van der Waals surface area contributed by atoms with Gasteiger partial charge in [-0.25, -0.2) is 17.9 Å². The van der Waals surface area contributed by atoms with Crippen LogP contribution in [0, 0.1) is 12.8 Å². The largest absolute Gasteiger partial charge is 0.484 e. The summed E-state index contributed by atoms with van der Waals surface area (Å²) in [5.74, 6) is -0.558. The fraction of sp³-hybridized carbons (Fsp3) is 0.542. The predicted molar refractivity (Wildman–Crippen MR) is 135 cm³/mol. The summed E-state index contributed by atoms with van der Waals surface area (Å²) < 4.78 is 103. The van der Waals surface area contributed by atoms with Gasteiger partial charge >= 0.3 is 18.8 Å². The van der Waals surface area contributed by atoms with E-state index in [4.69, 9.17) is 4.74 Å². The zero-order valence-electron chi connectivity index (χ0n) is 22.3. The average Bonchev–Trinajstić information content (AvgIpc) is 3.62. The van der Waals surface area contributed by atoms with Gasteiger partial charge in [0.2, 0.25) is 5.91 Å². The second-order valence-electron chi connectivity index (χ2n) is 10.4. The van der Waals surface area contributed by atoms with Gasteiger partial charge in [0.1, 0.15) is 22.3 Å². The van der Waals surface area contributed by atoms with Crippen molar-refractivity contribution in [2.24, 2.45) is 5.92 Å². The number of nitrogens with one attached hydrogen (secondary N) is 1. The minimum absolute atomic E-state index is 0.0464. The van der Waals surface area contributed by atoms with Gasteiger partial charge in [-0.1, -0.05) is 0 Å². The molecular formula is C24H28F5N5O6S. The van der Waals surface area contributed by atoms with E-state index in [1.165, 1.54) is 13.8 Å². The smallest absolute Gasteiger partial charge is 0.412 e. The fourth-order valence-corrected chi connectivity index (χ4v) is 6.37. The van der Waals surface area contributed by atoms with Crippen LogP contribution in [-0.4, -0.2) is 65.7 Å². The first-order chi connectivity index (χ1) is 18.9. The minimum Gasteiger partial charge on any atom is -0.484 e. The summed E-state index contributed by atoms with van der Waals surface area (Å²) in [6.07, 6.45) is -5.93. The number of sulfonamides is 1. The van der Waals surface area contributed by atoms with Crippen molar-refractivity contribution in [1.82, 2.24) is 15.1 Å². The number of ether oxygens (including phenoxy) is 1. The van der Waals surface area contributed by atoms with Crippen LogP contribution in [0.4, 0.5) is 38.1 Å². The highest BCUT2D eigenvalue weighted by Gasteiger charge is 2.54. The van der Waals surface area contributed by atoms with Crippen LogP contribution >= 0.6 is 0 Å². The number of halogens is 5. The molecule has 1 aliphatic heterocycles. The lowest BCUT2D eigenvalue weighted by Crippen LogP contribution is -2.57. The number of carboxylic acid groups (broad SMARTS) is 1. The molecule has 11 nitrogen and oxygen atoms in total. The summed E-state index contributed by atoms with van der Waals surface area (Å²) in [5.41, 5.74) is -4.04. The molecule has 0 unspecified atom stereocenters. The molecule has 2 heterocycles. The number of fused-ring (bicyclic) bond motifs is 1. The Labute approximate surface area is 231 Å². The van der Waals surface area contributed by atoms with Crippen molar-refractivity contribution in [1.29, 1.82) is 0 Å². The van der Waals surface area contributed by atoms with Crippen molar-refractivity contribution in [2.75, 3.05) is 15.7 Å². The third-order valence-corrected chi connectivity index (χ3v) is 9.11. The Bertz CT molecular complexity index is 1460. The predicted octanol–water partition coefficient (Wildman–Crippen LogP) is 4.28. The highest BCUT2D eigenvalue weighted by Crippen LogP contribution is 2.45. The molecule has 0 saturated heterocycles. The van der Waals surface area contributed by atoms with Crippen LogP contribution in [0.1, 0.15) is 45.9 Å². The zero-order chi connectivity index (χ0) is 30.7. The third-order valence-electron chi connectivity index (χ3n) is 7.10.